The number of aromatic nitrogens is 3. The van der Waals surface area contributed by atoms with E-state index in [-0.39, 0.29) is 18.0 Å². The topological polar surface area (TPSA) is 120 Å². The molecular formula is C26H20FN5O3S. The second-order valence-electron chi connectivity index (χ2n) is 7.94. The molecule has 2 aromatic carbocycles. The molecule has 0 spiro atoms. The van der Waals surface area contributed by atoms with Crippen molar-refractivity contribution in [3.05, 3.63) is 99.5 Å². The standard InChI is InChI=1S/C26H20FN5O3S/c27-18-7-6-16(11-20(18)30-26(35)23-12-17-3-1-2-4-22(17)36-23)19-13-21(25(34)32-31-19)29-24-8-5-15(9-10-33)14-28-24/h1-8,11-14,33H,9-10H2,(H,30,35)(H,32,34)(H,28,29,31). The van der Waals surface area contributed by atoms with Crippen LogP contribution in [0.5, 0.6) is 0 Å². The maximum Gasteiger partial charge on any atom is 0.287 e. The van der Waals surface area contributed by atoms with Crippen LogP contribution in [0.1, 0.15) is 15.2 Å². The Morgan fingerprint density at radius 2 is 1.92 bits per heavy atom. The van der Waals surface area contributed by atoms with E-state index in [1.54, 1.807) is 24.4 Å². The molecule has 0 aliphatic carbocycles. The second kappa shape index (κ2) is 10.1. The van der Waals surface area contributed by atoms with Crippen LogP contribution in [-0.4, -0.2) is 32.8 Å². The van der Waals surface area contributed by atoms with Crippen molar-refractivity contribution in [3.8, 4) is 11.3 Å². The summed E-state index contributed by atoms with van der Waals surface area (Å²) in [5.74, 6) is -0.572. The van der Waals surface area contributed by atoms with E-state index in [1.165, 1.54) is 35.6 Å². The molecule has 0 radical (unpaired) electrons. The highest BCUT2D eigenvalue weighted by molar-refractivity contribution is 7.20. The number of hydrogen-bond donors (Lipinski definition) is 4. The van der Waals surface area contributed by atoms with Gasteiger partial charge in [-0.15, -0.1) is 11.3 Å². The first-order chi connectivity index (χ1) is 17.5. The second-order valence-corrected chi connectivity index (χ2v) is 9.03. The Bertz CT molecular complexity index is 1580. The van der Waals surface area contributed by atoms with E-state index in [0.29, 0.717) is 28.4 Å². The van der Waals surface area contributed by atoms with Crippen molar-refractivity contribution in [1.29, 1.82) is 0 Å². The van der Waals surface area contributed by atoms with Crippen molar-refractivity contribution in [2.45, 2.75) is 6.42 Å². The summed E-state index contributed by atoms with van der Waals surface area (Å²) in [4.78, 5) is 29.8. The summed E-state index contributed by atoms with van der Waals surface area (Å²) in [5.41, 5.74) is 1.46. The van der Waals surface area contributed by atoms with Crippen molar-refractivity contribution >= 4 is 44.5 Å². The van der Waals surface area contributed by atoms with Gasteiger partial charge in [-0.1, -0.05) is 24.3 Å². The number of fused-ring (bicyclic) bond motifs is 1. The average Bonchev–Trinajstić information content (AvgIpc) is 3.33. The number of benzene rings is 2. The number of nitrogens with one attached hydrogen (secondary N) is 3. The monoisotopic (exact) mass is 501 g/mol. The van der Waals surface area contributed by atoms with Crippen LogP contribution in [0, 0.1) is 5.82 Å². The van der Waals surface area contributed by atoms with Crippen LogP contribution in [0.2, 0.25) is 0 Å². The lowest BCUT2D eigenvalue weighted by Gasteiger charge is -2.10. The van der Waals surface area contributed by atoms with Crippen LogP contribution in [0.4, 0.5) is 21.6 Å². The van der Waals surface area contributed by atoms with Crippen LogP contribution < -0.4 is 16.2 Å². The lowest BCUT2D eigenvalue weighted by atomic mass is 10.1. The largest absolute Gasteiger partial charge is 0.396 e. The van der Waals surface area contributed by atoms with E-state index in [0.717, 1.165) is 15.6 Å². The van der Waals surface area contributed by atoms with E-state index >= 15 is 0 Å². The van der Waals surface area contributed by atoms with Crippen LogP contribution in [0.15, 0.2) is 77.7 Å². The molecule has 8 nitrogen and oxygen atoms in total. The summed E-state index contributed by atoms with van der Waals surface area (Å²) in [6, 6.07) is 18.6. The average molecular weight is 502 g/mol. The van der Waals surface area contributed by atoms with Crippen LogP contribution in [0.25, 0.3) is 21.3 Å². The lowest BCUT2D eigenvalue weighted by molar-refractivity contribution is 0.103. The molecule has 0 bridgehead atoms. The summed E-state index contributed by atoms with van der Waals surface area (Å²) in [6.07, 6.45) is 2.10. The van der Waals surface area contributed by atoms with Gasteiger partial charge >= 0.3 is 0 Å². The highest BCUT2D eigenvalue weighted by atomic mass is 32.1. The van der Waals surface area contributed by atoms with E-state index in [2.05, 4.69) is 25.8 Å². The molecule has 10 heteroatoms. The Morgan fingerprint density at radius 3 is 2.69 bits per heavy atom. The predicted octanol–water partition coefficient (Wildman–Crippen LogP) is 4.72. The van der Waals surface area contributed by atoms with E-state index in [4.69, 9.17) is 5.11 Å². The SMILES string of the molecule is O=C(Nc1cc(-c2cc(Nc3ccc(CCO)cn3)c(=O)[nH]n2)ccc1F)c1cc2ccccc2s1. The van der Waals surface area contributed by atoms with Gasteiger partial charge in [-0.2, -0.15) is 5.10 Å². The molecule has 0 saturated carbocycles. The molecule has 180 valence electrons. The molecule has 3 aromatic heterocycles. The van der Waals surface area contributed by atoms with Gasteiger partial charge in [0.2, 0.25) is 0 Å². The quantitative estimate of drug-likeness (QED) is 0.256. The summed E-state index contributed by atoms with van der Waals surface area (Å²) in [7, 11) is 0. The van der Waals surface area contributed by atoms with Gasteiger partial charge in [-0.3, -0.25) is 9.59 Å². The first-order valence-corrected chi connectivity index (χ1v) is 11.8. The number of thiophene rings is 1. The fourth-order valence-electron chi connectivity index (χ4n) is 3.62. The zero-order chi connectivity index (χ0) is 25.1. The summed E-state index contributed by atoms with van der Waals surface area (Å²) < 4.78 is 15.5. The van der Waals surface area contributed by atoms with E-state index in [1.807, 2.05) is 24.3 Å². The number of hydrogen-bond acceptors (Lipinski definition) is 7. The van der Waals surface area contributed by atoms with Gasteiger partial charge in [0.25, 0.3) is 11.5 Å². The first kappa shape index (κ1) is 23.3. The molecule has 0 saturated heterocycles. The van der Waals surface area contributed by atoms with Crippen LogP contribution >= 0.6 is 11.3 Å². The van der Waals surface area contributed by atoms with Crippen molar-refractivity contribution in [3.63, 3.8) is 0 Å². The highest BCUT2D eigenvalue weighted by Gasteiger charge is 2.15. The third-order valence-electron chi connectivity index (χ3n) is 5.45. The van der Waals surface area contributed by atoms with Crippen molar-refractivity contribution in [1.82, 2.24) is 15.2 Å². The number of halogens is 1. The minimum Gasteiger partial charge on any atom is -0.396 e. The summed E-state index contributed by atoms with van der Waals surface area (Å²) >= 11 is 1.33. The molecule has 4 N–H and O–H groups in total. The van der Waals surface area contributed by atoms with Gasteiger partial charge in [0, 0.05) is 23.1 Å². The Balaban J connectivity index is 1.39. The Hall–Kier alpha value is -4.41. The van der Waals surface area contributed by atoms with Crippen LogP contribution in [0.3, 0.4) is 0 Å². The molecule has 36 heavy (non-hydrogen) atoms. The maximum absolute atomic E-state index is 14.6. The minimum atomic E-state index is -0.594. The molecular weight excluding hydrogens is 481 g/mol. The zero-order valence-corrected chi connectivity index (χ0v) is 19.6. The highest BCUT2D eigenvalue weighted by Crippen LogP contribution is 2.28. The first-order valence-electron chi connectivity index (χ1n) is 11.0. The van der Waals surface area contributed by atoms with Gasteiger partial charge in [0.05, 0.1) is 16.3 Å². The van der Waals surface area contributed by atoms with Crippen molar-refractivity contribution < 1.29 is 14.3 Å². The molecule has 1 amide bonds. The Labute approximate surface area is 208 Å². The smallest absolute Gasteiger partial charge is 0.287 e. The Kier molecular flexibility index (Phi) is 6.52. The Morgan fingerprint density at radius 1 is 1.06 bits per heavy atom. The van der Waals surface area contributed by atoms with E-state index < -0.39 is 17.3 Å². The van der Waals surface area contributed by atoms with E-state index in [9.17, 15) is 14.0 Å². The third kappa shape index (κ3) is 4.99. The summed E-state index contributed by atoms with van der Waals surface area (Å²) in [5, 5.41) is 22.0. The third-order valence-corrected chi connectivity index (χ3v) is 6.57. The molecule has 5 aromatic rings. The zero-order valence-electron chi connectivity index (χ0n) is 18.8. The molecule has 0 aliphatic rings. The normalized spacial score (nSPS) is 10.9. The predicted molar refractivity (Wildman–Crippen MR) is 138 cm³/mol. The molecule has 5 rings (SSSR count). The maximum atomic E-state index is 14.6. The molecule has 0 aliphatic heterocycles. The molecule has 0 atom stereocenters. The number of rotatable bonds is 7. The molecule has 0 fully saturated rings. The van der Waals surface area contributed by atoms with Gasteiger partial charge < -0.3 is 15.7 Å². The molecule has 0 unspecified atom stereocenters. The summed E-state index contributed by atoms with van der Waals surface area (Å²) in [6.45, 7) is 0.0199. The molecule has 3 heterocycles. The number of amides is 1. The number of aromatic amines is 1. The number of aliphatic hydroxyl groups excluding tert-OH is 1. The number of pyridine rings is 1. The number of anilines is 3. The van der Waals surface area contributed by atoms with Crippen LogP contribution in [-0.2, 0) is 6.42 Å². The number of carbonyl (C=O) groups is 1. The fourth-order valence-corrected chi connectivity index (χ4v) is 4.58. The van der Waals surface area contributed by atoms with Gasteiger partial charge in [0.15, 0.2) is 0 Å². The van der Waals surface area contributed by atoms with Gasteiger partial charge in [0.1, 0.15) is 17.3 Å². The number of aliphatic hydroxyl groups is 1. The van der Waals surface area contributed by atoms with Gasteiger partial charge in [-0.05, 0) is 59.8 Å². The number of nitrogens with zero attached hydrogens (tertiary/aromatic N) is 2. The lowest BCUT2D eigenvalue weighted by Crippen LogP contribution is -2.14. The minimum absolute atomic E-state index is 0.00129. The number of carbonyl (C=O) groups excluding carboxylic acids is 1. The van der Waals surface area contributed by atoms with Crippen molar-refractivity contribution in [2.24, 2.45) is 0 Å². The number of H-pyrrole nitrogens is 1. The van der Waals surface area contributed by atoms with Gasteiger partial charge in [-0.25, -0.2) is 14.5 Å². The van der Waals surface area contributed by atoms with Crippen molar-refractivity contribution in [2.75, 3.05) is 17.2 Å². The fraction of sp³-hybridized carbons (Fsp3) is 0.0769.